The van der Waals surface area contributed by atoms with Crippen LogP contribution in [0.1, 0.15) is 83.0 Å². The van der Waals surface area contributed by atoms with Crippen LogP contribution in [0.3, 0.4) is 0 Å². The van der Waals surface area contributed by atoms with E-state index in [0.717, 1.165) is 11.1 Å². The fourth-order valence-corrected chi connectivity index (χ4v) is 3.91. The van der Waals surface area contributed by atoms with Gasteiger partial charge in [0.15, 0.2) is 11.5 Å². The minimum absolute atomic E-state index is 0.169. The minimum atomic E-state index is -0.725. The first-order valence-electron chi connectivity index (χ1n) is 10.9. The Morgan fingerprint density at radius 1 is 0.871 bits per heavy atom. The molecule has 1 unspecified atom stereocenters. The number of carbonyl (C=O) groups excluding carboxylic acids is 2. The van der Waals surface area contributed by atoms with Gasteiger partial charge in [0, 0.05) is 11.1 Å². The molecule has 1 atom stereocenters. The molecule has 1 aliphatic rings. The van der Waals surface area contributed by atoms with Crippen LogP contribution in [0.4, 0.5) is 5.69 Å². The van der Waals surface area contributed by atoms with E-state index in [4.69, 9.17) is 0 Å². The number of Topliss-reactive ketones (excluding diaryl/α,β-unsaturated/α-hetero) is 1. The van der Waals surface area contributed by atoms with Crippen molar-refractivity contribution in [3.05, 3.63) is 76.6 Å². The first-order chi connectivity index (χ1) is 14.4. The molecule has 0 fully saturated rings. The van der Waals surface area contributed by atoms with Crippen LogP contribution in [0.5, 0.6) is 0 Å². The van der Waals surface area contributed by atoms with Gasteiger partial charge in [-0.25, -0.2) is 0 Å². The van der Waals surface area contributed by atoms with Gasteiger partial charge in [0.2, 0.25) is 0 Å². The summed E-state index contributed by atoms with van der Waals surface area (Å²) in [6, 6.07) is 15.1. The second-order valence-electron chi connectivity index (χ2n) is 9.99. The van der Waals surface area contributed by atoms with E-state index in [0.29, 0.717) is 17.5 Å². The van der Waals surface area contributed by atoms with Gasteiger partial charge in [0.1, 0.15) is 0 Å². The lowest BCUT2D eigenvalue weighted by Gasteiger charge is -2.29. The Bertz CT molecular complexity index is 1010. The summed E-state index contributed by atoms with van der Waals surface area (Å²) in [6.45, 7) is 13.9. The fraction of sp³-hybridized carbons (Fsp3) is 0.407. The number of hydrogen-bond donors (Lipinski definition) is 1. The topological polar surface area (TPSA) is 57.6 Å². The number of aliphatic hydroxyl groups is 1. The first-order valence-corrected chi connectivity index (χ1v) is 10.9. The van der Waals surface area contributed by atoms with E-state index in [-0.39, 0.29) is 11.4 Å². The third kappa shape index (κ3) is 4.30. The molecule has 4 heteroatoms. The molecule has 0 saturated carbocycles. The second-order valence-corrected chi connectivity index (χ2v) is 9.99. The van der Waals surface area contributed by atoms with Crippen molar-refractivity contribution < 1.29 is 14.7 Å². The highest BCUT2D eigenvalue weighted by molar-refractivity contribution is 6.17. The van der Waals surface area contributed by atoms with Gasteiger partial charge in [-0.05, 0) is 40.7 Å². The highest BCUT2D eigenvalue weighted by atomic mass is 16.3. The predicted molar refractivity (Wildman–Crippen MR) is 125 cm³/mol. The van der Waals surface area contributed by atoms with Gasteiger partial charge in [-0.1, -0.05) is 84.9 Å². The van der Waals surface area contributed by atoms with Gasteiger partial charge in [-0.2, -0.15) is 0 Å². The van der Waals surface area contributed by atoms with Crippen LogP contribution in [0, 0.1) is 5.41 Å². The lowest BCUT2D eigenvalue weighted by molar-refractivity contribution is -0.123. The molecule has 2 aromatic carbocycles. The van der Waals surface area contributed by atoms with E-state index in [1.807, 2.05) is 48.5 Å². The van der Waals surface area contributed by atoms with Crippen molar-refractivity contribution in [2.75, 3.05) is 4.90 Å². The Morgan fingerprint density at radius 3 is 1.74 bits per heavy atom. The van der Waals surface area contributed by atoms with E-state index in [1.165, 1.54) is 5.56 Å². The molecule has 1 heterocycles. The van der Waals surface area contributed by atoms with Crippen molar-refractivity contribution in [1.29, 1.82) is 0 Å². The second kappa shape index (κ2) is 8.33. The van der Waals surface area contributed by atoms with Crippen molar-refractivity contribution in [3.63, 3.8) is 0 Å². The molecule has 1 amide bonds. The third-order valence-corrected chi connectivity index (χ3v) is 5.89. The van der Waals surface area contributed by atoms with Crippen molar-refractivity contribution in [2.24, 2.45) is 5.41 Å². The number of ketones is 1. The summed E-state index contributed by atoms with van der Waals surface area (Å²) < 4.78 is 0. The smallest absolute Gasteiger partial charge is 0.294 e. The van der Waals surface area contributed by atoms with Crippen LogP contribution in [0.25, 0.3) is 0 Å². The summed E-state index contributed by atoms with van der Waals surface area (Å²) >= 11 is 0. The van der Waals surface area contributed by atoms with Crippen LogP contribution in [-0.4, -0.2) is 16.8 Å². The van der Waals surface area contributed by atoms with Crippen LogP contribution in [0.15, 0.2) is 59.9 Å². The minimum Gasteiger partial charge on any atom is -0.503 e. The Labute approximate surface area is 185 Å². The van der Waals surface area contributed by atoms with Crippen molar-refractivity contribution in [2.45, 2.75) is 66.3 Å². The Morgan fingerprint density at radius 2 is 1.32 bits per heavy atom. The maximum atomic E-state index is 13.3. The van der Waals surface area contributed by atoms with Crippen molar-refractivity contribution in [1.82, 2.24) is 0 Å². The summed E-state index contributed by atoms with van der Waals surface area (Å²) in [4.78, 5) is 28.0. The van der Waals surface area contributed by atoms with Crippen LogP contribution < -0.4 is 4.90 Å². The maximum absolute atomic E-state index is 13.3. The number of aliphatic hydroxyl groups excluding tert-OH is 1. The summed E-state index contributed by atoms with van der Waals surface area (Å²) in [5, 5.41) is 10.8. The largest absolute Gasteiger partial charge is 0.503 e. The maximum Gasteiger partial charge on any atom is 0.294 e. The zero-order chi connectivity index (χ0) is 23.1. The third-order valence-electron chi connectivity index (χ3n) is 5.89. The lowest BCUT2D eigenvalue weighted by Crippen LogP contribution is -2.32. The molecule has 0 saturated heterocycles. The van der Waals surface area contributed by atoms with E-state index >= 15 is 0 Å². The Hall–Kier alpha value is -2.88. The van der Waals surface area contributed by atoms with Gasteiger partial charge in [-0.3, -0.25) is 14.5 Å². The molecule has 0 spiro atoms. The average molecular weight is 420 g/mol. The quantitative estimate of drug-likeness (QED) is 0.606. The van der Waals surface area contributed by atoms with Crippen LogP contribution >= 0.6 is 0 Å². The predicted octanol–water partition coefficient (Wildman–Crippen LogP) is 6.45. The van der Waals surface area contributed by atoms with Crippen LogP contribution in [-0.2, 0) is 9.59 Å². The van der Waals surface area contributed by atoms with E-state index < -0.39 is 23.1 Å². The number of anilines is 1. The van der Waals surface area contributed by atoms with Gasteiger partial charge < -0.3 is 5.11 Å². The summed E-state index contributed by atoms with van der Waals surface area (Å²) in [5.41, 5.74) is 3.26. The molecular weight excluding hydrogens is 386 g/mol. The van der Waals surface area contributed by atoms with Gasteiger partial charge in [0.25, 0.3) is 5.91 Å². The molecule has 1 aliphatic heterocycles. The van der Waals surface area contributed by atoms with Gasteiger partial charge >= 0.3 is 0 Å². The van der Waals surface area contributed by atoms with E-state index in [2.05, 4.69) is 27.7 Å². The fourth-order valence-electron chi connectivity index (χ4n) is 3.91. The highest BCUT2D eigenvalue weighted by Gasteiger charge is 2.46. The summed E-state index contributed by atoms with van der Waals surface area (Å²) in [6.07, 6.45) is 0. The van der Waals surface area contributed by atoms with Crippen molar-refractivity contribution >= 4 is 17.4 Å². The van der Waals surface area contributed by atoms with E-state index in [9.17, 15) is 14.7 Å². The standard InChI is InChI=1S/C27H33NO3/c1-16(2)18-8-10-20(11-9-18)23-22(25(30)27(5,6)7)24(29)26(31)28(23)21-14-12-19(13-15-21)17(3)4/h8-17,23,29H,1-7H3. The van der Waals surface area contributed by atoms with Gasteiger partial charge in [-0.15, -0.1) is 0 Å². The number of rotatable bonds is 5. The molecule has 2 aromatic rings. The molecule has 3 rings (SSSR count). The van der Waals surface area contributed by atoms with Gasteiger partial charge in [0.05, 0.1) is 11.6 Å². The number of benzene rings is 2. The Balaban J connectivity index is 2.15. The van der Waals surface area contributed by atoms with Crippen molar-refractivity contribution in [3.8, 4) is 0 Å². The van der Waals surface area contributed by atoms with E-state index in [1.54, 1.807) is 25.7 Å². The zero-order valence-electron chi connectivity index (χ0n) is 19.6. The molecule has 1 N–H and O–H groups in total. The molecule has 31 heavy (non-hydrogen) atoms. The first kappa shape index (κ1) is 22.8. The SMILES string of the molecule is CC(C)c1ccc(C2C(C(=O)C(C)(C)C)=C(O)C(=O)N2c2ccc(C(C)C)cc2)cc1. The molecule has 0 bridgehead atoms. The number of hydrogen-bond acceptors (Lipinski definition) is 3. The zero-order valence-corrected chi connectivity index (χ0v) is 19.6. The average Bonchev–Trinajstić information content (AvgIpc) is 2.97. The molecule has 0 radical (unpaired) electrons. The number of nitrogens with zero attached hydrogens (tertiary/aromatic N) is 1. The lowest BCUT2D eigenvalue weighted by atomic mass is 9.82. The molecule has 164 valence electrons. The highest BCUT2D eigenvalue weighted by Crippen LogP contribution is 2.43. The summed E-state index contributed by atoms with van der Waals surface area (Å²) in [5.74, 6) is -0.475. The monoisotopic (exact) mass is 419 g/mol. The Kier molecular flexibility index (Phi) is 6.13. The normalized spacial score (nSPS) is 17.3. The summed E-state index contributed by atoms with van der Waals surface area (Å²) in [7, 11) is 0. The molecule has 4 nitrogen and oxygen atoms in total. The number of amides is 1. The van der Waals surface area contributed by atoms with Crippen LogP contribution in [0.2, 0.25) is 0 Å². The molecular formula is C27H33NO3. The number of carbonyl (C=O) groups is 2. The molecule has 0 aromatic heterocycles. The molecule has 0 aliphatic carbocycles.